The molecular formula is C14H12N2. The van der Waals surface area contributed by atoms with E-state index in [4.69, 9.17) is 5.73 Å². The standard InChI is InChI=1S/C14H12N2/c1-11-5-4-10-16-14(11)9-8-12-6-2-3-7-13(12)15/h2-7,10H,15H2,1H3. The minimum absolute atomic E-state index is 0.698. The summed E-state index contributed by atoms with van der Waals surface area (Å²) in [4.78, 5) is 4.21. The Balaban J connectivity index is 2.36. The van der Waals surface area contributed by atoms with Crippen molar-refractivity contribution in [2.24, 2.45) is 0 Å². The third kappa shape index (κ3) is 2.21. The summed E-state index contributed by atoms with van der Waals surface area (Å²) in [6.45, 7) is 1.99. The molecular weight excluding hydrogens is 196 g/mol. The fraction of sp³-hybridized carbons (Fsp3) is 0.0714. The van der Waals surface area contributed by atoms with Gasteiger partial charge in [-0.25, -0.2) is 4.98 Å². The second-order valence-electron chi connectivity index (χ2n) is 3.51. The minimum Gasteiger partial charge on any atom is -0.398 e. The Morgan fingerprint density at radius 2 is 1.88 bits per heavy atom. The zero-order valence-electron chi connectivity index (χ0n) is 9.07. The summed E-state index contributed by atoms with van der Waals surface area (Å²) < 4.78 is 0. The summed E-state index contributed by atoms with van der Waals surface area (Å²) in [5.41, 5.74) is 9.21. The number of nitrogen functional groups attached to an aromatic ring is 1. The van der Waals surface area contributed by atoms with Crippen LogP contribution in [0.4, 0.5) is 5.69 Å². The summed E-state index contributed by atoms with van der Waals surface area (Å²) >= 11 is 0. The molecule has 0 aliphatic heterocycles. The second kappa shape index (κ2) is 4.50. The molecule has 0 atom stereocenters. The predicted molar refractivity (Wildman–Crippen MR) is 65.8 cm³/mol. The maximum atomic E-state index is 5.80. The topological polar surface area (TPSA) is 38.9 Å². The monoisotopic (exact) mass is 208 g/mol. The quantitative estimate of drug-likeness (QED) is 0.533. The van der Waals surface area contributed by atoms with Crippen molar-refractivity contribution in [1.82, 2.24) is 4.98 Å². The van der Waals surface area contributed by atoms with Gasteiger partial charge >= 0.3 is 0 Å². The number of aryl methyl sites for hydroxylation is 1. The maximum absolute atomic E-state index is 5.80. The van der Waals surface area contributed by atoms with Crippen LogP contribution in [0.15, 0.2) is 42.6 Å². The lowest BCUT2D eigenvalue weighted by atomic mass is 10.1. The molecule has 1 aromatic carbocycles. The van der Waals surface area contributed by atoms with Crippen LogP contribution in [-0.2, 0) is 0 Å². The summed E-state index contributed by atoms with van der Waals surface area (Å²) in [5.74, 6) is 6.06. The summed E-state index contributed by atoms with van der Waals surface area (Å²) in [5, 5.41) is 0. The lowest BCUT2D eigenvalue weighted by Gasteiger charge is -1.96. The second-order valence-corrected chi connectivity index (χ2v) is 3.51. The van der Waals surface area contributed by atoms with Gasteiger partial charge in [-0.15, -0.1) is 0 Å². The van der Waals surface area contributed by atoms with Crippen LogP contribution in [-0.4, -0.2) is 4.98 Å². The number of nitrogens with zero attached hydrogens (tertiary/aromatic N) is 1. The lowest BCUT2D eigenvalue weighted by molar-refractivity contribution is 1.23. The third-order valence-electron chi connectivity index (χ3n) is 2.29. The van der Waals surface area contributed by atoms with Crippen LogP contribution < -0.4 is 5.73 Å². The van der Waals surface area contributed by atoms with Crippen LogP contribution in [0.3, 0.4) is 0 Å². The van der Waals surface area contributed by atoms with E-state index in [0.717, 1.165) is 16.8 Å². The molecule has 78 valence electrons. The van der Waals surface area contributed by atoms with Crippen LogP contribution in [0.25, 0.3) is 0 Å². The predicted octanol–water partition coefficient (Wildman–Crippen LogP) is 2.37. The van der Waals surface area contributed by atoms with Gasteiger partial charge < -0.3 is 5.73 Å². The van der Waals surface area contributed by atoms with E-state index in [0.29, 0.717) is 5.69 Å². The van der Waals surface area contributed by atoms with Crippen molar-refractivity contribution in [3.8, 4) is 11.8 Å². The number of benzene rings is 1. The number of pyridine rings is 1. The zero-order valence-corrected chi connectivity index (χ0v) is 9.07. The van der Waals surface area contributed by atoms with Crippen molar-refractivity contribution >= 4 is 5.69 Å². The molecule has 2 aromatic rings. The van der Waals surface area contributed by atoms with Gasteiger partial charge in [0.15, 0.2) is 0 Å². The molecule has 2 heteroatoms. The Morgan fingerprint density at radius 1 is 1.06 bits per heavy atom. The van der Waals surface area contributed by atoms with E-state index >= 15 is 0 Å². The van der Waals surface area contributed by atoms with Crippen molar-refractivity contribution in [2.75, 3.05) is 5.73 Å². The van der Waals surface area contributed by atoms with E-state index in [-0.39, 0.29) is 0 Å². The van der Waals surface area contributed by atoms with Crippen molar-refractivity contribution in [3.05, 3.63) is 59.4 Å². The summed E-state index contributed by atoms with van der Waals surface area (Å²) in [6.07, 6.45) is 1.74. The van der Waals surface area contributed by atoms with E-state index < -0.39 is 0 Å². The Morgan fingerprint density at radius 3 is 2.62 bits per heavy atom. The van der Waals surface area contributed by atoms with Crippen LogP contribution in [0.1, 0.15) is 16.8 Å². The molecule has 16 heavy (non-hydrogen) atoms. The van der Waals surface area contributed by atoms with Crippen LogP contribution in [0.2, 0.25) is 0 Å². The van der Waals surface area contributed by atoms with Gasteiger partial charge in [0.05, 0.1) is 0 Å². The number of nitrogens with two attached hydrogens (primary N) is 1. The molecule has 0 radical (unpaired) electrons. The van der Waals surface area contributed by atoms with Gasteiger partial charge in [-0.2, -0.15) is 0 Å². The van der Waals surface area contributed by atoms with E-state index in [1.165, 1.54) is 0 Å². The molecule has 1 heterocycles. The Labute approximate surface area is 95.1 Å². The van der Waals surface area contributed by atoms with Gasteiger partial charge in [0.1, 0.15) is 5.69 Å². The van der Waals surface area contributed by atoms with Crippen molar-refractivity contribution in [3.63, 3.8) is 0 Å². The van der Waals surface area contributed by atoms with E-state index in [9.17, 15) is 0 Å². The highest BCUT2D eigenvalue weighted by molar-refractivity contribution is 5.57. The SMILES string of the molecule is Cc1cccnc1C#Cc1ccccc1N. The first-order chi connectivity index (χ1) is 7.77. The normalized spacial score (nSPS) is 9.31. The number of rotatable bonds is 0. The number of aromatic nitrogens is 1. The molecule has 2 nitrogen and oxygen atoms in total. The molecule has 0 aliphatic rings. The van der Waals surface area contributed by atoms with Crippen LogP contribution >= 0.6 is 0 Å². The average molecular weight is 208 g/mol. The number of hydrogen-bond acceptors (Lipinski definition) is 2. The fourth-order valence-electron chi connectivity index (χ4n) is 1.35. The maximum Gasteiger partial charge on any atom is 0.116 e. The molecule has 0 spiro atoms. The van der Waals surface area contributed by atoms with E-state index in [1.54, 1.807) is 6.20 Å². The largest absolute Gasteiger partial charge is 0.398 e. The summed E-state index contributed by atoms with van der Waals surface area (Å²) in [6, 6.07) is 11.5. The van der Waals surface area contributed by atoms with E-state index in [2.05, 4.69) is 16.8 Å². The van der Waals surface area contributed by atoms with Gasteiger partial charge in [-0.05, 0) is 36.6 Å². The average Bonchev–Trinajstić information content (AvgIpc) is 2.30. The number of anilines is 1. The minimum atomic E-state index is 0.698. The number of para-hydroxylation sites is 1. The first-order valence-corrected chi connectivity index (χ1v) is 5.05. The van der Waals surface area contributed by atoms with Gasteiger partial charge in [0.2, 0.25) is 0 Å². The molecule has 0 amide bonds. The van der Waals surface area contributed by atoms with Gasteiger partial charge in [0.25, 0.3) is 0 Å². The van der Waals surface area contributed by atoms with E-state index in [1.807, 2.05) is 43.3 Å². The van der Waals surface area contributed by atoms with Gasteiger partial charge in [0, 0.05) is 17.4 Å². The zero-order chi connectivity index (χ0) is 11.4. The first kappa shape index (κ1) is 10.3. The van der Waals surface area contributed by atoms with Crippen molar-refractivity contribution in [1.29, 1.82) is 0 Å². The number of hydrogen-bond donors (Lipinski definition) is 1. The molecule has 0 bridgehead atoms. The lowest BCUT2D eigenvalue weighted by Crippen LogP contribution is -1.90. The molecule has 2 rings (SSSR count). The first-order valence-electron chi connectivity index (χ1n) is 5.05. The fourth-order valence-corrected chi connectivity index (χ4v) is 1.35. The molecule has 0 aliphatic carbocycles. The highest BCUT2D eigenvalue weighted by Gasteiger charge is 1.94. The Bertz CT molecular complexity index is 513. The Kier molecular flexibility index (Phi) is 2.88. The molecule has 2 N–H and O–H groups in total. The van der Waals surface area contributed by atoms with Gasteiger partial charge in [-0.1, -0.05) is 24.1 Å². The molecule has 0 unspecified atom stereocenters. The third-order valence-corrected chi connectivity index (χ3v) is 2.29. The van der Waals surface area contributed by atoms with Crippen molar-refractivity contribution in [2.45, 2.75) is 6.92 Å². The highest BCUT2D eigenvalue weighted by atomic mass is 14.7. The van der Waals surface area contributed by atoms with Gasteiger partial charge in [-0.3, -0.25) is 0 Å². The van der Waals surface area contributed by atoms with Crippen molar-refractivity contribution < 1.29 is 0 Å². The van der Waals surface area contributed by atoms with Crippen LogP contribution in [0.5, 0.6) is 0 Å². The van der Waals surface area contributed by atoms with Crippen LogP contribution in [0, 0.1) is 18.8 Å². The Hall–Kier alpha value is -2.27. The molecule has 0 fully saturated rings. The molecule has 0 saturated heterocycles. The molecule has 1 aromatic heterocycles. The summed E-state index contributed by atoms with van der Waals surface area (Å²) in [7, 11) is 0. The molecule has 0 saturated carbocycles. The smallest absolute Gasteiger partial charge is 0.116 e. The highest BCUT2D eigenvalue weighted by Crippen LogP contribution is 2.09.